The van der Waals surface area contributed by atoms with E-state index in [1.54, 1.807) is 0 Å². The summed E-state index contributed by atoms with van der Waals surface area (Å²) >= 11 is 0. The van der Waals surface area contributed by atoms with Gasteiger partial charge >= 0.3 is 0 Å². The van der Waals surface area contributed by atoms with E-state index in [2.05, 4.69) is 48.4 Å². The number of rotatable bonds is 6. The van der Waals surface area contributed by atoms with Gasteiger partial charge in [-0.3, -0.25) is 10.00 Å². The molecule has 0 atom stereocenters. The highest BCUT2D eigenvalue weighted by Crippen LogP contribution is 2.24. The number of H-pyrrole nitrogens is 1. The summed E-state index contributed by atoms with van der Waals surface area (Å²) in [5, 5.41) is 18.0. The predicted molar refractivity (Wildman–Crippen MR) is 112 cm³/mol. The Balaban J connectivity index is 1.09. The molecule has 2 aromatic heterocycles. The number of anilines is 1. The van der Waals surface area contributed by atoms with E-state index in [4.69, 9.17) is 0 Å². The Morgan fingerprint density at radius 3 is 2.25 bits per heavy atom. The van der Waals surface area contributed by atoms with Gasteiger partial charge in [0.1, 0.15) is 11.0 Å². The maximum Gasteiger partial charge on any atom is 0.158 e. The molecule has 1 N–H and O–H groups in total. The van der Waals surface area contributed by atoms with Gasteiger partial charge in [0.25, 0.3) is 0 Å². The molecule has 1 aliphatic rings. The van der Waals surface area contributed by atoms with Crippen LogP contribution in [0.5, 0.6) is 0 Å². The number of fused-ring (bicyclic) bond motifs is 2. The second kappa shape index (κ2) is 7.59. The van der Waals surface area contributed by atoms with E-state index < -0.39 is 0 Å². The average Bonchev–Trinajstić information content (AvgIpc) is 3.35. The van der Waals surface area contributed by atoms with E-state index in [9.17, 15) is 0 Å². The van der Waals surface area contributed by atoms with Gasteiger partial charge in [-0.15, -0.1) is 0 Å². The van der Waals surface area contributed by atoms with Crippen molar-refractivity contribution < 1.29 is 0 Å². The Labute approximate surface area is 163 Å². The Kier molecular flexibility index (Phi) is 4.66. The molecule has 28 heavy (non-hydrogen) atoms. The maximum atomic E-state index is 4.54. The lowest BCUT2D eigenvalue weighted by Gasteiger charge is -2.35. The summed E-state index contributed by atoms with van der Waals surface area (Å²) in [5.41, 5.74) is 3.06. The van der Waals surface area contributed by atoms with Gasteiger partial charge in [0.2, 0.25) is 0 Å². The van der Waals surface area contributed by atoms with Crippen molar-refractivity contribution in [1.29, 1.82) is 0 Å². The first-order valence-electron chi connectivity index (χ1n) is 10.1. The third-order valence-corrected chi connectivity index (χ3v) is 5.53. The fourth-order valence-electron chi connectivity index (χ4n) is 3.97. The highest BCUT2D eigenvalue weighted by Gasteiger charge is 2.20. The standard InChI is InChI=1S/C21H25N7/c1-2-8-18-17(7-1)21(23-22-18)27-15-13-26(14-16-27)11-5-6-12-28-24-19-9-3-4-10-20(19)25-28/h1-4,7-10H,5-6,11-16H2,(H,22,23). The SMILES string of the molecule is c1ccc2nn(CCCCN3CCN(c4n[nH]c5ccccc45)CC3)nc2c1. The zero-order valence-corrected chi connectivity index (χ0v) is 16.0. The molecule has 2 aromatic carbocycles. The molecule has 0 radical (unpaired) electrons. The third-order valence-electron chi connectivity index (χ3n) is 5.53. The number of benzene rings is 2. The average molecular weight is 375 g/mol. The molecule has 0 unspecified atom stereocenters. The topological polar surface area (TPSA) is 65.9 Å². The summed E-state index contributed by atoms with van der Waals surface area (Å²) in [6, 6.07) is 16.4. The minimum Gasteiger partial charge on any atom is -0.352 e. The van der Waals surface area contributed by atoms with Crippen LogP contribution in [0.15, 0.2) is 48.5 Å². The lowest BCUT2D eigenvalue weighted by Crippen LogP contribution is -2.46. The van der Waals surface area contributed by atoms with Crippen LogP contribution in [-0.4, -0.2) is 62.8 Å². The summed E-state index contributed by atoms with van der Waals surface area (Å²) < 4.78 is 0. The highest BCUT2D eigenvalue weighted by molar-refractivity contribution is 5.90. The fourth-order valence-corrected chi connectivity index (χ4v) is 3.97. The number of aryl methyl sites for hydroxylation is 1. The molecule has 0 saturated carbocycles. The number of unbranched alkanes of at least 4 members (excludes halogenated alkanes) is 1. The quantitative estimate of drug-likeness (QED) is 0.525. The smallest absolute Gasteiger partial charge is 0.158 e. The van der Waals surface area contributed by atoms with Crippen LogP contribution in [0.4, 0.5) is 5.82 Å². The van der Waals surface area contributed by atoms with Gasteiger partial charge in [0, 0.05) is 31.6 Å². The number of aromatic amines is 1. The number of nitrogens with one attached hydrogen (secondary N) is 1. The number of para-hydroxylation sites is 1. The van der Waals surface area contributed by atoms with Crippen LogP contribution in [-0.2, 0) is 6.54 Å². The van der Waals surface area contributed by atoms with Crippen LogP contribution in [0.1, 0.15) is 12.8 Å². The molecule has 7 nitrogen and oxygen atoms in total. The summed E-state index contributed by atoms with van der Waals surface area (Å²) in [4.78, 5) is 6.79. The molecule has 4 aromatic rings. The second-order valence-corrected chi connectivity index (χ2v) is 7.41. The molecule has 3 heterocycles. The van der Waals surface area contributed by atoms with Crippen molar-refractivity contribution in [3.8, 4) is 0 Å². The van der Waals surface area contributed by atoms with Crippen molar-refractivity contribution in [2.75, 3.05) is 37.6 Å². The third kappa shape index (κ3) is 3.45. The first-order valence-corrected chi connectivity index (χ1v) is 10.1. The molecular formula is C21H25N7. The van der Waals surface area contributed by atoms with Gasteiger partial charge in [-0.25, -0.2) is 0 Å². The number of piperazine rings is 1. The molecule has 144 valence electrons. The fraction of sp³-hybridized carbons (Fsp3) is 0.381. The van der Waals surface area contributed by atoms with Crippen LogP contribution in [0.3, 0.4) is 0 Å². The van der Waals surface area contributed by atoms with Crippen molar-refractivity contribution >= 4 is 27.8 Å². The molecule has 0 amide bonds. The van der Waals surface area contributed by atoms with Gasteiger partial charge in [0.05, 0.1) is 12.1 Å². The molecule has 1 aliphatic heterocycles. The monoisotopic (exact) mass is 375 g/mol. The first kappa shape index (κ1) is 17.2. The van der Waals surface area contributed by atoms with Crippen LogP contribution >= 0.6 is 0 Å². The Bertz CT molecular complexity index is 1030. The lowest BCUT2D eigenvalue weighted by atomic mass is 10.2. The van der Waals surface area contributed by atoms with Gasteiger partial charge in [-0.2, -0.15) is 20.1 Å². The second-order valence-electron chi connectivity index (χ2n) is 7.41. The van der Waals surface area contributed by atoms with Crippen molar-refractivity contribution in [3.63, 3.8) is 0 Å². The lowest BCUT2D eigenvalue weighted by molar-refractivity contribution is 0.249. The Morgan fingerprint density at radius 1 is 0.786 bits per heavy atom. The molecular weight excluding hydrogens is 350 g/mol. The molecule has 1 fully saturated rings. The normalized spacial score (nSPS) is 15.6. The maximum absolute atomic E-state index is 4.54. The van der Waals surface area contributed by atoms with E-state index in [1.807, 2.05) is 35.1 Å². The van der Waals surface area contributed by atoms with Crippen LogP contribution in [0.25, 0.3) is 21.9 Å². The van der Waals surface area contributed by atoms with Crippen molar-refractivity contribution in [2.45, 2.75) is 19.4 Å². The Hall–Kier alpha value is -2.93. The molecule has 5 rings (SSSR count). The van der Waals surface area contributed by atoms with Gasteiger partial charge in [-0.1, -0.05) is 24.3 Å². The molecule has 1 saturated heterocycles. The van der Waals surface area contributed by atoms with E-state index in [0.29, 0.717) is 0 Å². The van der Waals surface area contributed by atoms with E-state index in [-0.39, 0.29) is 0 Å². The zero-order chi connectivity index (χ0) is 18.8. The van der Waals surface area contributed by atoms with Crippen molar-refractivity contribution in [1.82, 2.24) is 30.1 Å². The largest absolute Gasteiger partial charge is 0.352 e. The Morgan fingerprint density at radius 2 is 1.46 bits per heavy atom. The van der Waals surface area contributed by atoms with Crippen LogP contribution < -0.4 is 4.90 Å². The number of hydrogen-bond donors (Lipinski definition) is 1. The summed E-state index contributed by atoms with van der Waals surface area (Å²) in [7, 11) is 0. The zero-order valence-electron chi connectivity index (χ0n) is 16.0. The molecule has 0 bridgehead atoms. The summed E-state index contributed by atoms with van der Waals surface area (Å²) in [6.07, 6.45) is 2.27. The van der Waals surface area contributed by atoms with Gasteiger partial charge in [0.15, 0.2) is 5.82 Å². The predicted octanol–water partition coefficient (Wildman–Crippen LogP) is 2.91. The van der Waals surface area contributed by atoms with Crippen molar-refractivity contribution in [2.24, 2.45) is 0 Å². The first-order chi connectivity index (χ1) is 13.9. The van der Waals surface area contributed by atoms with Crippen LogP contribution in [0, 0.1) is 0 Å². The van der Waals surface area contributed by atoms with E-state index in [0.717, 1.165) is 68.1 Å². The molecule has 0 aliphatic carbocycles. The number of aromatic nitrogens is 5. The highest BCUT2D eigenvalue weighted by atomic mass is 15.5. The summed E-state index contributed by atoms with van der Waals surface area (Å²) in [6.45, 7) is 6.25. The molecule has 0 spiro atoms. The number of hydrogen-bond acceptors (Lipinski definition) is 5. The minimum absolute atomic E-state index is 0.883. The van der Waals surface area contributed by atoms with Gasteiger partial charge < -0.3 is 4.90 Å². The number of nitrogens with zero attached hydrogens (tertiary/aromatic N) is 6. The molecule has 7 heteroatoms. The van der Waals surface area contributed by atoms with E-state index >= 15 is 0 Å². The van der Waals surface area contributed by atoms with Gasteiger partial charge in [-0.05, 0) is 43.7 Å². The van der Waals surface area contributed by atoms with Crippen molar-refractivity contribution in [3.05, 3.63) is 48.5 Å². The summed E-state index contributed by atoms with van der Waals surface area (Å²) in [5.74, 6) is 1.09. The van der Waals surface area contributed by atoms with Crippen LogP contribution in [0.2, 0.25) is 0 Å². The van der Waals surface area contributed by atoms with E-state index in [1.165, 1.54) is 11.8 Å². The minimum atomic E-state index is 0.883.